The Labute approximate surface area is 110 Å². The van der Waals surface area contributed by atoms with Crippen molar-refractivity contribution >= 4 is 26.0 Å². The summed E-state index contributed by atoms with van der Waals surface area (Å²) < 4.78 is 26.9. The van der Waals surface area contributed by atoms with Gasteiger partial charge in [0, 0.05) is 23.6 Å². The van der Waals surface area contributed by atoms with Crippen LogP contribution in [0.15, 0.2) is 33.6 Å². The number of rotatable bonds is 2. The minimum atomic E-state index is -3.39. The predicted octanol–water partition coefficient (Wildman–Crippen LogP) is 1.56. The monoisotopic (exact) mass is 318 g/mol. The summed E-state index contributed by atoms with van der Waals surface area (Å²) in [6.07, 6.45) is 1.45. The van der Waals surface area contributed by atoms with Crippen LogP contribution in [0.1, 0.15) is 12.8 Å². The van der Waals surface area contributed by atoms with E-state index in [1.165, 1.54) is 4.31 Å². The molecule has 1 saturated heterocycles. The summed E-state index contributed by atoms with van der Waals surface area (Å²) in [6, 6.07) is 7.01. The minimum absolute atomic E-state index is 0.126. The van der Waals surface area contributed by atoms with E-state index in [1.54, 1.807) is 24.3 Å². The molecule has 1 aliphatic rings. The van der Waals surface area contributed by atoms with Crippen molar-refractivity contribution in [1.82, 2.24) is 4.31 Å². The summed E-state index contributed by atoms with van der Waals surface area (Å²) in [5.41, 5.74) is 5.78. The Bertz CT molecular complexity index is 496. The lowest BCUT2D eigenvalue weighted by molar-refractivity contribution is 0.320. The van der Waals surface area contributed by atoms with Crippen molar-refractivity contribution in [2.75, 3.05) is 13.1 Å². The van der Waals surface area contributed by atoms with E-state index in [0.717, 1.165) is 12.8 Å². The summed E-state index contributed by atoms with van der Waals surface area (Å²) in [5.74, 6) is 0. The van der Waals surface area contributed by atoms with Gasteiger partial charge >= 0.3 is 0 Å². The number of sulfonamides is 1. The molecule has 6 heteroatoms. The van der Waals surface area contributed by atoms with E-state index in [2.05, 4.69) is 15.9 Å². The third kappa shape index (κ3) is 2.70. The summed E-state index contributed by atoms with van der Waals surface area (Å²) >= 11 is 3.28. The highest BCUT2D eigenvalue weighted by molar-refractivity contribution is 9.10. The summed E-state index contributed by atoms with van der Waals surface area (Å²) in [4.78, 5) is 0.329. The summed E-state index contributed by atoms with van der Waals surface area (Å²) in [6.45, 7) is 1.01. The van der Waals surface area contributed by atoms with Crippen LogP contribution in [0.5, 0.6) is 0 Å². The van der Waals surface area contributed by atoms with Crippen molar-refractivity contribution in [3.05, 3.63) is 28.7 Å². The molecule has 0 aromatic heterocycles. The van der Waals surface area contributed by atoms with Gasteiger partial charge in [0.05, 0.1) is 4.90 Å². The second kappa shape index (κ2) is 5.06. The first kappa shape index (κ1) is 13.0. The van der Waals surface area contributed by atoms with Crippen LogP contribution in [-0.4, -0.2) is 31.9 Å². The molecule has 0 spiro atoms. The zero-order valence-corrected chi connectivity index (χ0v) is 11.7. The number of halogens is 1. The number of nitrogens with two attached hydrogens (primary N) is 1. The van der Waals surface area contributed by atoms with Gasteiger partial charge in [-0.2, -0.15) is 4.31 Å². The molecule has 2 N–H and O–H groups in total. The maximum Gasteiger partial charge on any atom is 0.244 e. The third-order valence-corrected chi connectivity index (χ3v) is 5.86. The van der Waals surface area contributed by atoms with Gasteiger partial charge in [0.1, 0.15) is 0 Å². The second-order valence-electron chi connectivity index (χ2n) is 4.17. The highest BCUT2D eigenvalue weighted by Gasteiger charge is 2.29. The SMILES string of the molecule is NC1CCN(S(=O)(=O)c2ccccc2Br)CC1. The van der Waals surface area contributed by atoms with Crippen molar-refractivity contribution < 1.29 is 8.42 Å². The third-order valence-electron chi connectivity index (χ3n) is 2.95. The molecular weight excluding hydrogens is 304 g/mol. The molecule has 0 atom stereocenters. The topological polar surface area (TPSA) is 63.4 Å². The highest BCUT2D eigenvalue weighted by Crippen LogP contribution is 2.26. The van der Waals surface area contributed by atoms with Gasteiger partial charge in [-0.1, -0.05) is 12.1 Å². The zero-order chi connectivity index (χ0) is 12.5. The van der Waals surface area contributed by atoms with Gasteiger partial charge in [0.15, 0.2) is 0 Å². The first-order chi connectivity index (χ1) is 8.01. The standard InChI is InChI=1S/C11H15BrN2O2S/c12-10-3-1-2-4-11(10)17(15,16)14-7-5-9(13)6-8-14/h1-4,9H,5-8,13H2. The molecule has 1 fully saturated rings. The largest absolute Gasteiger partial charge is 0.328 e. The molecule has 1 aliphatic heterocycles. The maximum atomic E-state index is 12.4. The molecule has 1 aromatic rings. The molecule has 4 nitrogen and oxygen atoms in total. The second-order valence-corrected chi connectivity index (χ2v) is 6.93. The number of hydrogen-bond acceptors (Lipinski definition) is 3. The number of hydrogen-bond donors (Lipinski definition) is 1. The quantitative estimate of drug-likeness (QED) is 0.900. The molecule has 94 valence electrons. The van der Waals surface area contributed by atoms with E-state index in [1.807, 2.05) is 0 Å². The maximum absolute atomic E-state index is 12.4. The van der Waals surface area contributed by atoms with Crippen molar-refractivity contribution in [2.24, 2.45) is 5.73 Å². The van der Waals surface area contributed by atoms with Gasteiger partial charge in [0.25, 0.3) is 0 Å². The van der Waals surface area contributed by atoms with Gasteiger partial charge in [-0.25, -0.2) is 8.42 Å². The van der Waals surface area contributed by atoms with Crippen molar-refractivity contribution in [2.45, 2.75) is 23.8 Å². The molecule has 0 amide bonds. The van der Waals surface area contributed by atoms with Crippen LogP contribution in [0.25, 0.3) is 0 Å². The molecule has 0 unspecified atom stereocenters. The Morgan fingerprint density at radius 2 is 1.82 bits per heavy atom. The zero-order valence-electron chi connectivity index (χ0n) is 9.34. The van der Waals surface area contributed by atoms with E-state index >= 15 is 0 Å². The fourth-order valence-corrected chi connectivity index (χ4v) is 4.34. The number of piperidine rings is 1. The molecule has 2 rings (SSSR count). The molecule has 1 aromatic carbocycles. The average molecular weight is 319 g/mol. The molecule has 0 bridgehead atoms. The van der Waals surface area contributed by atoms with Crippen molar-refractivity contribution in [1.29, 1.82) is 0 Å². The Hall–Kier alpha value is -0.430. The van der Waals surface area contributed by atoms with Crippen LogP contribution in [0, 0.1) is 0 Å². The first-order valence-electron chi connectivity index (χ1n) is 5.52. The Morgan fingerprint density at radius 3 is 2.41 bits per heavy atom. The lowest BCUT2D eigenvalue weighted by Gasteiger charge is -2.29. The average Bonchev–Trinajstić information content (AvgIpc) is 2.30. The van der Waals surface area contributed by atoms with Crippen LogP contribution in [0.3, 0.4) is 0 Å². The summed E-state index contributed by atoms with van der Waals surface area (Å²) in [7, 11) is -3.39. The Balaban J connectivity index is 2.28. The van der Waals surface area contributed by atoms with Crippen LogP contribution in [0.2, 0.25) is 0 Å². The lowest BCUT2D eigenvalue weighted by atomic mass is 10.1. The lowest BCUT2D eigenvalue weighted by Crippen LogP contribution is -2.42. The molecule has 0 saturated carbocycles. The van der Waals surface area contributed by atoms with Gasteiger partial charge in [-0.3, -0.25) is 0 Å². The van der Waals surface area contributed by atoms with E-state index in [0.29, 0.717) is 22.5 Å². The van der Waals surface area contributed by atoms with Crippen LogP contribution >= 0.6 is 15.9 Å². The fourth-order valence-electron chi connectivity index (χ4n) is 1.91. The molecule has 1 heterocycles. The van der Waals surface area contributed by atoms with Crippen LogP contribution in [0.4, 0.5) is 0 Å². The molecule has 0 radical (unpaired) electrons. The van der Waals surface area contributed by atoms with Gasteiger partial charge < -0.3 is 5.73 Å². The van der Waals surface area contributed by atoms with Gasteiger partial charge in [-0.15, -0.1) is 0 Å². The van der Waals surface area contributed by atoms with Crippen molar-refractivity contribution in [3.8, 4) is 0 Å². The van der Waals surface area contributed by atoms with Gasteiger partial charge in [0.2, 0.25) is 10.0 Å². The van der Waals surface area contributed by atoms with Crippen LogP contribution < -0.4 is 5.73 Å². The number of nitrogens with zero attached hydrogens (tertiary/aromatic N) is 1. The van der Waals surface area contributed by atoms with Gasteiger partial charge in [-0.05, 0) is 40.9 Å². The first-order valence-corrected chi connectivity index (χ1v) is 7.75. The fraction of sp³-hybridized carbons (Fsp3) is 0.455. The Morgan fingerprint density at radius 1 is 1.24 bits per heavy atom. The minimum Gasteiger partial charge on any atom is -0.328 e. The number of benzene rings is 1. The van der Waals surface area contributed by atoms with E-state index in [-0.39, 0.29) is 6.04 Å². The molecular formula is C11H15BrN2O2S. The van der Waals surface area contributed by atoms with Crippen LogP contribution in [-0.2, 0) is 10.0 Å². The normalized spacial score (nSPS) is 19.4. The highest BCUT2D eigenvalue weighted by atomic mass is 79.9. The Kier molecular flexibility index (Phi) is 3.87. The van der Waals surface area contributed by atoms with E-state index in [9.17, 15) is 8.42 Å². The predicted molar refractivity (Wildman–Crippen MR) is 70.1 cm³/mol. The van der Waals surface area contributed by atoms with Crippen molar-refractivity contribution in [3.63, 3.8) is 0 Å². The van der Waals surface area contributed by atoms with E-state index < -0.39 is 10.0 Å². The summed E-state index contributed by atoms with van der Waals surface area (Å²) in [5, 5.41) is 0. The molecule has 17 heavy (non-hydrogen) atoms. The smallest absolute Gasteiger partial charge is 0.244 e. The molecule has 0 aliphatic carbocycles. The van der Waals surface area contributed by atoms with E-state index in [4.69, 9.17) is 5.73 Å².